The van der Waals surface area contributed by atoms with Crippen molar-refractivity contribution in [2.45, 2.75) is 27.3 Å². The number of carbonyl (C=O) groups is 1. The van der Waals surface area contributed by atoms with Gasteiger partial charge in [-0.2, -0.15) is 4.68 Å². The third-order valence-electron chi connectivity index (χ3n) is 3.94. The summed E-state index contributed by atoms with van der Waals surface area (Å²) in [5.74, 6) is -0.111. The average Bonchev–Trinajstić information content (AvgIpc) is 2.95. The first-order chi connectivity index (χ1) is 11.9. The lowest BCUT2D eigenvalue weighted by molar-refractivity contribution is 0.0947. The first kappa shape index (κ1) is 16.7. The summed E-state index contributed by atoms with van der Waals surface area (Å²) in [5.41, 5.74) is 11.4. The summed E-state index contributed by atoms with van der Waals surface area (Å²) in [6, 6.07) is 13.9. The van der Waals surface area contributed by atoms with Crippen LogP contribution in [0.5, 0.6) is 0 Å². The van der Waals surface area contributed by atoms with Crippen molar-refractivity contribution in [1.29, 1.82) is 0 Å². The van der Waals surface area contributed by atoms with Gasteiger partial charge in [-0.15, -0.1) is 5.10 Å². The number of aromatic nitrogens is 3. The van der Waals surface area contributed by atoms with E-state index in [9.17, 15) is 4.79 Å². The minimum Gasteiger partial charge on any atom is -0.382 e. The number of nitrogens with one attached hydrogen (secondary N) is 1. The zero-order valence-electron chi connectivity index (χ0n) is 14.6. The molecule has 0 aliphatic carbocycles. The third-order valence-corrected chi connectivity index (χ3v) is 3.94. The van der Waals surface area contributed by atoms with Crippen LogP contribution in [0, 0.1) is 20.8 Å². The molecule has 0 bridgehead atoms. The molecule has 1 aromatic heterocycles. The van der Waals surface area contributed by atoms with E-state index in [0.29, 0.717) is 6.54 Å². The minimum absolute atomic E-state index is 0.131. The molecule has 3 N–H and O–H groups in total. The Morgan fingerprint density at radius 2 is 1.68 bits per heavy atom. The average molecular weight is 335 g/mol. The Morgan fingerprint density at radius 3 is 2.32 bits per heavy atom. The molecule has 25 heavy (non-hydrogen) atoms. The van der Waals surface area contributed by atoms with Crippen LogP contribution in [0.3, 0.4) is 0 Å². The summed E-state index contributed by atoms with van der Waals surface area (Å²) >= 11 is 0. The second-order valence-corrected chi connectivity index (χ2v) is 6.25. The van der Waals surface area contributed by atoms with Gasteiger partial charge in [-0.1, -0.05) is 41.1 Å². The summed E-state index contributed by atoms with van der Waals surface area (Å²) in [6.07, 6.45) is 0. The van der Waals surface area contributed by atoms with Crippen molar-refractivity contribution in [3.63, 3.8) is 0 Å². The van der Waals surface area contributed by atoms with Gasteiger partial charge in [0.05, 0.1) is 5.69 Å². The molecule has 0 radical (unpaired) electrons. The number of amides is 1. The molecular weight excluding hydrogens is 314 g/mol. The van der Waals surface area contributed by atoms with Crippen LogP contribution in [-0.2, 0) is 6.54 Å². The predicted molar refractivity (Wildman–Crippen MR) is 97.6 cm³/mol. The van der Waals surface area contributed by atoms with Gasteiger partial charge in [0, 0.05) is 6.54 Å². The summed E-state index contributed by atoms with van der Waals surface area (Å²) in [4.78, 5) is 12.4. The maximum absolute atomic E-state index is 12.4. The molecule has 0 fully saturated rings. The van der Waals surface area contributed by atoms with E-state index in [-0.39, 0.29) is 17.4 Å². The molecule has 128 valence electrons. The molecule has 0 aliphatic heterocycles. The fraction of sp³-hybridized carbons (Fsp3) is 0.211. The van der Waals surface area contributed by atoms with Gasteiger partial charge in [-0.3, -0.25) is 4.79 Å². The molecule has 3 aromatic rings. The zero-order chi connectivity index (χ0) is 18.0. The van der Waals surface area contributed by atoms with Crippen LogP contribution in [0.25, 0.3) is 5.69 Å². The highest BCUT2D eigenvalue weighted by atomic mass is 16.2. The van der Waals surface area contributed by atoms with E-state index in [1.165, 1.54) is 10.2 Å². The maximum Gasteiger partial charge on any atom is 0.275 e. The molecule has 0 atom stereocenters. The number of nitrogens with zero attached hydrogens (tertiary/aromatic N) is 3. The molecule has 0 spiro atoms. The Labute approximate surface area is 146 Å². The van der Waals surface area contributed by atoms with Gasteiger partial charge < -0.3 is 11.1 Å². The standard InChI is InChI=1S/C19H21N5O/c1-12-4-6-15(7-5-12)11-21-19(25)17-18(20)24(23-22-17)16-9-13(2)8-14(3)10-16/h4-10H,11,20H2,1-3H3,(H,21,25). The van der Waals surface area contributed by atoms with E-state index >= 15 is 0 Å². The molecule has 6 heteroatoms. The Hall–Kier alpha value is -3.15. The van der Waals surface area contributed by atoms with Crippen molar-refractivity contribution >= 4 is 11.7 Å². The predicted octanol–water partition coefficient (Wildman–Crippen LogP) is 2.70. The van der Waals surface area contributed by atoms with Crippen LogP contribution < -0.4 is 11.1 Å². The first-order valence-electron chi connectivity index (χ1n) is 8.07. The van der Waals surface area contributed by atoms with Crippen LogP contribution in [-0.4, -0.2) is 20.9 Å². The number of anilines is 1. The Morgan fingerprint density at radius 1 is 1.04 bits per heavy atom. The highest BCUT2D eigenvalue weighted by molar-refractivity contribution is 5.96. The monoisotopic (exact) mass is 335 g/mol. The Kier molecular flexibility index (Phi) is 4.52. The number of carbonyl (C=O) groups excluding carboxylic acids is 1. The quantitative estimate of drug-likeness (QED) is 0.767. The number of rotatable bonds is 4. The van der Waals surface area contributed by atoms with Gasteiger partial charge in [0.15, 0.2) is 11.5 Å². The fourth-order valence-electron chi connectivity index (χ4n) is 2.69. The smallest absolute Gasteiger partial charge is 0.275 e. The van der Waals surface area contributed by atoms with E-state index in [0.717, 1.165) is 22.4 Å². The number of aryl methyl sites for hydroxylation is 3. The summed E-state index contributed by atoms with van der Waals surface area (Å²) < 4.78 is 1.49. The second-order valence-electron chi connectivity index (χ2n) is 6.25. The van der Waals surface area contributed by atoms with Crippen molar-refractivity contribution in [2.75, 3.05) is 5.73 Å². The van der Waals surface area contributed by atoms with Crippen LogP contribution in [0.1, 0.15) is 32.7 Å². The normalized spacial score (nSPS) is 10.7. The van der Waals surface area contributed by atoms with Crippen LogP contribution in [0.4, 0.5) is 5.82 Å². The summed E-state index contributed by atoms with van der Waals surface area (Å²) in [6.45, 7) is 6.43. The number of hydrogen-bond donors (Lipinski definition) is 2. The third kappa shape index (κ3) is 3.68. The maximum atomic E-state index is 12.4. The molecule has 2 aromatic carbocycles. The van der Waals surface area contributed by atoms with Crippen molar-refractivity contribution in [1.82, 2.24) is 20.3 Å². The zero-order valence-corrected chi connectivity index (χ0v) is 14.6. The summed E-state index contributed by atoms with van der Waals surface area (Å²) in [7, 11) is 0. The molecule has 6 nitrogen and oxygen atoms in total. The van der Waals surface area contributed by atoms with E-state index in [2.05, 4.69) is 21.7 Å². The highest BCUT2D eigenvalue weighted by Gasteiger charge is 2.18. The van der Waals surface area contributed by atoms with Crippen molar-refractivity contribution in [3.05, 3.63) is 70.4 Å². The van der Waals surface area contributed by atoms with Gasteiger partial charge in [-0.05, 0) is 49.6 Å². The van der Waals surface area contributed by atoms with Crippen molar-refractivity contribution < 1.29 is 4.79 Å². The lowest BCUT2D eigenvalue weighted by Crippen LogP contribution is -2.24. The highest BCUT2D eigenvalue weighted by Crippen LogP contribution is 2.18. The second kappa shape index (κ2) is 6.76. The van der Waals surface area contributed by atoms with E-state index in [4.69, 9.17) is 5.73 Å². The SMILES string of the molecule is Cc1ccc(CNC(=O)c2nnn(-c3cc(C)cc(C)c3)c2N)cc1. The minimum atomic E-state index is -0.339. The van der Waals surface area contributed by atoms with Crippen LogP contribution in [0.15, 0.2) is 42.5 Å². The number of nitrogens with two attached hydrogens (primary N) is 1. The van der Waals surface area contributed by atoms with E-state index in [1.54, 1.807) is 0 Å². The van der Waals surface area contributed by atoms with Gasteiger partial charge in [0.25, 0.3) is 5.91 Å². The van der Waals surface area contributed by atoms with Crippen LogP contribution >= 0.6 is 0 Å². The number of benzene rings is 2. The Balaban J connectivity index is 1.78. The molecule has 3 rings (SSSR count). The molecular formula is C19H21N5O. The molecule has 0 aliphatic rings. The Bertz CT molecular complexity index is 892. The first-order valence-corrected chi connectivity index (χ1v) is 8.07. The van der Waals surface area contributed by atoms with Gasteiger partial charge in [0.1, 0.15) is 0 Å². The number of hydrogen-bond acceptors (Lipinski definition) is 4. The van der Waals surface area contributed by atoms with Crippen molar-refractivity contribution in [3.8, 4) is 5.69 Å². The molecule has 1 heterocycles. The van der Waals surface area contributed by atoms with Gasteiger partial charge >= 0.3 is 0 Å². The lowest BCUT2D eigenvalue weighted by atomic mass is 10.1. The lowest BCUT2D eigenvalue weighted by Gasteiger charge is -2.07. The molecule has 0 unspecified atom stereocenters. The van der Waals surface area contributed by atoms with E-state index < -0.39 is 0 Å². The molecule has 0 saturated heterocycles. The largest absolute Gasteiger partial charge is 0.382 e. The fourth-order valence-corrected chi connectivity index (χ4v) is 2.69. The molecule has 0 saturated carbocycles. The topological polar surface area (TPSA) is 85.8 Å². The van der Waals surface area contributed by atoms with E-state index in [1.807, 2.05) is 57.2 Å². The van der Waals surface area contributed by atoms with Crippen LogP contribution in [0.2, 0.25) is 0 Å². The van der Waals surface area contributed by atoms with Crippen molar-refractivity contribution in [2.24, 2.45) is 0 Å². The summed E-state index contributed by atoms with van der Waals surface area (Å²) in [5, 5.41) is 10.8. The number of nitrogen functional groups attached to an aromatic ring is 1. The van der Waals surface area contributed by atoms with Gasteiger partial charge in [0.2, 0.25) is 0 Å². The van der Waals surface area contributed by atoms with Gasteiger partial charge in [-0.25, -0.2) is 0 Å². The molecule has 1 amide bonds.